The third-order valence-corrected chi connectivity index (χ3v) is 4.76. The lowest BCUT2D eigenvalue weighted by molar-refractivity contribution is -0.132. The van der Waals surface area contributed by atoms with Gasteiger partial charge in [0.25, 0.3) is 0 Å². The van der Waals surface area contributed by atoms with Gasteiger partial charge in [0.2, 0.25) is 0 Å². The molecule has 4 nitrogen and oxygen atoms in total. The Balaban J connectivity index is 0.00000392. The molecule has 1 fully saturated rings. The standard InChI is InChI=1S/C20H31F3N4.HI/c1-15-10-16(2)13-27(12-15)14-18-6-4-17(5-7-18)11-26-19(24-3)25-9-8-20(21,22)23;/h4-7,15-16H,8-14H2,1-3H3,(H2,24,25,26);1H. The van der Waals surface area contributed by atoms with Gasteiger partial charge in [-0.3, -0.25) is 9.89 Å². The van der Waals surface area contributed by atoms with Gasteiger partial charge >= 0.3 is 6.18 Å². The molecule has 1 aromatic rings. The number of halogens is 4. The molecule has 2 unspecified atom stereocenters. The monoisotopic (exact) mass is 512 g/mol. The molecule has 8 heteroatoms. The molecule has 1 aliphatic rings. The average molecular weight is 512 g/mol. The van der Waals surface area contributed by atoms with Crippen LogP contribution in [-0.4, -0.2) is 43.7 Å². The van der Waals surface area contributed by atoms with E-state index in [1.54, 1.807) is 7.05 Å². The molecule has 2 atom stereocenters. The minimum absolute atomic E-state index is 0. The van der Waals surface area contributed by atoms with Crippen LogP contribution in [0.2, 0.25) is 0 Å². The largest absolute Gasteiger partial charge is 0.390 e. The summed E-state index contributed by atoms with van der Waals surface area (Å²) in [5.41, 5.74) is 2.35. The van der Waals surface area contributed by atoms with Gasteiger partial charge in [0, 0.05) is 39.8 Å². The summed E-state index contributed by atoms with van der Waals surface area (Å²) in [6.07, 6.45) is -3.73. The molecule has 1 aromatic carbocycles. The normalized spacial score (nSPS) is 21.1. The van der Waals surface area contributed by atoms with Crippen LogP contribution in [0.4, 0.5) is 13.2 Å². The molecular weight excluding hydrogens is 480 g/mol. The molecule has 2 N–H and O–H groups in total. The fourth-order valence-electron chi connectivity index (χ4n) is 3.67. The highest BCUT2D eigenvalue weighted by Crippen LogP contribution is 2.22. The molecule has 0 bridgehead atoms. The smallest absolute Gasteiger partial charge is 0.356 e. The Morgan fingerprint density at radius 2 is 1.64 bits per heavy atom. The maximum absolute atomic E-state index is 12.2. The van der Waals surface area contributed by atoms with Crippen LogP contribution in [0.5, 0.6) is 0 Å². The van der Waals surface area contributed by atoms with Crippen molar-refractivity contribution in [3.05, 3.63) is 35.4 Å². The molecule has 0 aromatic heterocycles. The van der Waals surface area contributed by atoms with Crippen molar-refractivity contribution in [2.24, 2.45) is 16.8 Å². The van der Waals surface area contributed by atoms with Gasteiger partial charge in [-0.25, -0.2) is 0 Å². The third kappa shape index (κ3) is 9.45. The van der Waals surface area contributed by atoms with Gasteiger partial charge in [0.05, 0.1) is 6.42 Å². The first kappa shape index (κ1) is 25.0. The zero-order chi connectivity index (χ0) is 19.9. The summed E-state index contributed by atoms with van der Waals surface area (Å²) in [6.45, 7) is 8.21. The van der Waals surface area contributed by atoms with Crippen LogP contribution in [0.25, 0.3) is 0 Å². The Labute approximate surface area is 183 Å². The number of alkyl halides is 3. The van der Waals surface area contributed by atoms with Crippen molar-refractivity contribution in [2.75, 3.05) is 26.7 Å². The highest BCUT2D eigenvalue weighted by Gasteiger charge is 2.26. The first-order chi connectivity index (χ1) is 12.7. The number of nitrogens with one attached hydrogen (secondary N) is 2. The number of piperidine rings is 1. The summed E-state index contributed by atoms with van der Waals surface area (Å²) < 4.78 is 36.6. The zero-order valence-electron chi connectivity index (χ0n) is 16.9. The Hall–Kier alpha value is -1.03. The van der Waals surface area contributed by atoms with Crippen molar-refractivity contribution in [2.45, 2.75) is 46.0 Å². The second-order valence-electron chi connectivity index (χ2n) is 7.67. The van der Waals surface area contributed by atoms with Gasteiger partial charge in [0.1, 0.15) is 0 Å². The molecule has 160 valence electrons. The lowest BCUT2D eigenvalue weighted by atomic mass is 9.91. The number of hydrogen-bond donors (Lipinski definition) is 2. The molecule has 0 aliphatic carbocycles. The Bertz CT molecular complexity index is 594. The van der Waals surface area contributed by atoms with E-state index in [4.69, 9.17) is 0 Å². The maximum atomic E-state index is 12.2. The predicted octanol–water partition coefficient (Wildman–Crippen LogP) is 4.40. The number of likely N-dealkylation sites (tertiary alicyclic amines) is 1. The molecule has 0 amide bonds. The van der Waals surface area contributed by atoms with Crippen LogP contribution < -0.4 is 10.6 Å². The molecule has 1 heterocycles. The van der Waals surface area contributed by atoms with Crippen molar-refractivity contribution in [1.82, 2.24) is 15.5 Å². The van der Waals surface area contributed by atoms with Crippen molar-refractivity contribution in [1.29, 1.82) is 0 Å². The van der Waals surface area contributed by atoms with Gasteiger partial charge in [0.15, 0.2) is 5.96 Å². The quantitative estimate of drug-likeness (QED) is 0.337. The Morgan fingerprint density at radius 3 is 2.18 bits per heavy atom. The van der Waals surface area contributed by atoms with Gasteiger partial charge < -0.3 is 10.6 Å². The minimum Gasteiger partial charge on any atom is -0.356 e. The molecule has 0 radical (unpaired) electrons. The fraction of sp³-hybridized carbons (Fsp3) is 0.650. The highest BCUT2D eigenvalue weighted by molar-refractivity contribution is 14.0. The van der Waals surface area contributed by atoms with Crippen LogP contribution >= 0.6 is 24.0 Å². The fourth-order valence-corrected chi connectivity index (χ4v) is 3.67. The van der Waals surface area contributed by atoms with Crippen LogP contribution in [0.1, 0.15) is 37.8 Å². The van der Waals surface area contributed by atoms with E-state index in [0.29, 0.717) is 12.5 Å². The van der Waals surface area contributed by atoms with E-state index in [1.165, 1.54) is 12.0 Å². The molecule has 2 rings (SSSR count). The van der Waals surface area contributed by atoms with Crippen LogP contribution in [0.3, 0.4) is 0 Å². The SMILES string of the molecule is CN=C(NCCC(F)(F)F)NCc1ccc(CN2CC(C)CC(C)C2)cc1.I. The zero-order valence-corrected chi connectivity index (χ0v) is 19.2. The Kier molecular flexibility index (Phi) is 10.6. The van der Waals surface area contributed by atoms with E-state index >= 15 is 0 Å². The number of hydrogen-bond acceptors (Lipinski definition) is 2. The number of rotatable bonds is 6. The Morgan fingerprint density at radius 1 is 1.07 bits per heavy atom. The molecule has 1 saturated heterocycles. The van der Waals surface area contributed by atoms with Crippen LogP contribution in [0, 0.1) is 11.8 Å². The van der Waals surface area contributed by atoms with E-state index in [2.05, 4.69) is 58.6 Å². The van der Waals surface area contributed by atoms with Crippen molar-refractivity contribution in [3.8, 4) is 0 Å². The van der Waals surface area contributed by atoms with E-state index in [9.17, 15) is 13.2 Å². The second-order valence-corrected chi connectivity index (χ2v) is 7.67. The molecule has 0 saturated carbocycles. The summed E-state index contributed by atoms with van der Waals surface area (Å²) in [5.74, 6) is 1.86. The van der Waals surface area contributed by atoms with Gasteiger partial charge in [-0.05, 0) is 29.4 Å². The number of nitrogens with zero attached hydrogens (tertiary/aromatic N) is 2. The van der Waals surface area contributed by atoms with E-state index in [1.807, 2.05) is 0 Å². The summed E-state index contributed by atoms with van der Waals surface area (Å²) >= 11 is 0. The van der Waals surface area contributed by atoms with Crippen molar-refractivity contribution in [3.63, 3.8) is 0 Å². The lowest BCUT2D eigenvalue weighted by Gasteiger charge is -2.35. The maximum Gasteiger partial charge on any atom is 0.390 e. The minimum atomic E-state index is -4.16. The van der Waals surface area contributed by atoms with Crippen molar-refractivity contribution >= 4 is 29.9 Å². The number of guanidine groups is 1. The number of aliphatic imine (C=N–C) groups is 1. The molecule has 1 aliphatic heterocycles. The second kappa shape index (κ2) is 11.8. The average Bonchev–Trinajstić information content (AvgIpc) is 2.57. The van der Waals surface area contributed by atoms with Gasteiger partial charge in [-0.15, -0.1) is 24.0 Å². The lowest BCUT2D eigenvalue weighted by Crippen LogP contribution is -2.38. The topological polar surface area (TPSA) is 39.7 Å². The predicted molar refractivity (Wildman–Crippen MR) is 119 cm³/mol. The summed E-state index contributed by atoms with van der Waals surface area (Å²) in [4.78, 5) is 6.46. The molecule has 0 spiro atoms. The van der Waals surface area contributed by atoms with Crippen LogP contribution in [-0.2, 0) is 13.1 Å². The first-order valence-corrected chi connectivity index (χ1v) is 9.56. The van der Waals surface area contributed by atoms with Crippen molar-refractivity contribution < 1.29 is 13.2 Å². The van der Waals surface area contributed by atoms with Gasteiger partial charge in [-0.1, -0.05) is 38.1 Å². The van der Waals surface area contributed by atoms with Gasteiger partial charge in [-0.2, -0.15) is 13.2 Å². The summed E-state index contributed by atoms with van der Waals surface area (Å²) in [5, 5.41) is 5.73. The summed E-state index contributed by atoms with van der Waals surface area (Å²) in [7, 11) is 1.55. The molecule has 28 heavy (non-hydrogen) atoms. The van der Waals surface area contributed by atoms with E-state index < -0.39 is 12.6 Å². The van der Waals surface area contributed by atoms with E-state index in [-0.39, 0.29) is 30.5 Å². The summed E-state index contributed by atoms with van der Waals surface area (Å²) in [6, 6.07) is 8.37. The number of benzene rings is 1. The van der Waals surface area contributed by atoms with Crippen LogP contribution in [0.15, 0.2) is 29.3 Å². The van der Waals surface area contributed by atoms with E-state index in [0.717, 1.165) is 37.0 Å². The third-order valence-electron chi connectivity index (χ3n) is 4.76. The first-order valence-electron chi connectivity index (χ1n) is 9.56. The molecular formula is C20H32F3IN4. The highest BCUT2D eigenvalue weighted by atomic mass is 127.